The topological polar surface area (TPSA) is 92.7 Å². The Kier molecular flexibility index (Phi) is 5.98. The van der Waals surface area contributed by atoms with Crippen molar-refractivity contribution in [1.82, 2.24) is 9.47 Å². The van der Waals surface area contributed by atoms with Crippen molar-refractivity contribution in [1.29, 1.82) is 0 Å². The van der Waals surface area contributed by atoms with Crippen LogP contribution in [0.25, 0.3) is 0 Å². The minimum Gasteiger partial charge on any atom is -0.495 e. The maximum absolute atomic E-state index is 13.2. The van der Waals surface area contributed by atoms with Gasteiger partial charge in [0.25, 0.3) is 11.5 Å². The molecular weight excluding hydrogens is 451 g/mol. The molecule has 1 fully saturated rings. The highest BCUT2D eigenvalue weighted by Gasteiger charge is 2.37. The van der Waals surface area contributed by atoms with Crippen LogP contribution in [0.1, 0.15) is 28.4 Å². The molecular formula is C26H25FN4O4. The number of benzene rings is 2. The van der Waals surface area contributed by atoms with E-state index in [4.69, 9.17) is 4.74 Å². The van der Waals surface area contributed by atoms with Crippen LogP contribution in [0.5, 0.6) is 5.75 Å². The number of nitrogens with zero attached hydrogens (tertiary/aromatic N) is 2. The highest BCUT2D eigenvalue weighted by atomic mass is 19.1. The number of amides is 3. The van der Waals surface area contributed by atoms with Crippen LogP contribution in [0.3, 0.4) is 0 Å². The normalized spacial score (nSPS) is 18.4. The van der Waals surface area contributed by atoms with Crippen molar-refractivity contribution in [2.75, 3.05) is 30.8 Å². The van der Waals surface area contributed by atoms with Crippen LogP contribution < -0.4 is 20.9 Å². The fourth-order valence-electron chi connectivity index (χ4n) is 5.01. The summed E-state index contributed by atoms with van der Waals surface area (Å²) in [6.45, 7) is 1.46. The molecule has 2 N–H and O–H groups in total. The van der Waals surface area contributed by atoms with Crippen LogP contribution in [0.4, 0.5) is 20.6 Å². The Bertz CT molecular complexity index is 1340. The first kappa shape index (κ1) is 22.6. The van der Waals surface area contributed by atoms with E-state index < -0.39 is 6.03 Å². The van der Waals surface area contributed by atoms with Gasteiger partial charge in [0, 0.05) is 36.8 Å². The molecule has 9 heteroatoms. The van der Waals surface area contributed by atoms with Gasteiger partial charge in [-0.15, -0.1) is 0 Å². The van der Waals surface area contributed by atoms with Crippen LogP contribution in [-0.2, 0) is 6.54 Å². The van der Waals surface area contributed by atoms with Crippen LogP contribution in [0.15, 0.2) is 65.5 Å². The number of methoxy groups -OCH3 is 1. The van der Waals surface area contributed by atoms with Gasteiger partial charge in [0.2, 0.25) is 0 Å². The standard InChI is InChI=1S/C26H25FN4O4/c1-35-23-5-3-2-4-20(23)28-26(34)29-21-10-11-22-18-12-16(14-31(22)25(21)33)13-30(15-18)24(32)17-6-8-19(27)9-7-17/h2-11,16,18H,12-15H2,1H3,(H2,28,29,34)/t16-,18-/m1/s1. The first-order valence-corrected chi connectivity index (χ1v) is 11.4. The molecule has 2 bridgehead atoms. The average molecular weight is 477 g/mol. The Hall–Kier alpha value is -4.14. The number of piperidine rings is 1. The van der Waals surface area contributed by atoms with Crippen molar-refractivity contribution in [3.8, 4) is 5.75 Å². The van der Waals surface area contributed by atoms with Gasteiger partial charge in [0.15, 0.2) is 0 Å². The summed E-state index contributed by atoms with van der Waals surface area (Å²) in [6, 6.07) is 15.5. The zero-order valence-electron chi connectivity index (χ0n) is 19.2. The van der Waals surface area contributed by atoms with Crippen LogP contribution in [-0.4, -0.2) is 41.6 Å². The van der Waals surface area contributed by atoms with Gasteiger partial charge in [0.1, 0.15) is 17.3 Å². The van der Waals surface area contributed by atoms with Gasteiger partial charge in [-0.2, -0.15) is 0 Å². The number of pyridine rings is 1. The number of hydrogen-bond acceptors (Lipinski definition) is 4. The van der Waals surface area contributed by atoms with E-state index in [1.807, 2.05) is 6.07 Å². The van der Waals surface area contributed by atoms with Crippen molar-refractivity contribution in [3.05, 3.63) is 88.1 Å². The Morgan fingerprint density at radius 2 is 1.69 bits per heavy atom. The summed E-state index contributed by atoms with van der Waals surface area (Å²) in [6.07, 6.45) is 0.883. The van der Waals surface area contributed by atoms with Crippen molar-refractivity contribution in [3.63, 3.8) is 0 Å². The lowest BCUT2D eigenvalue weighted by Crippen LogP contribution is -2.49. The summed E-state index contributed by atoms with van der Waals surface area (Å²) in [4.78, 5) is 40.5. The summed E-state index contributed by atoms with van der Waals surface area (Å²) >= 11 is 0. The first-order valence-electron chi connectivity index (χ1n) is 11.4. The molecule has 0 spiro atoms. The number of hydrogen-bond donors (Lipinski definition) is 2. The van der Waals surface area contributed by atoms with E-state index in [-0.39, 0.29) is 34.8 Å². The maximum atomic E-state index is 13.2. The lowest BCUT2D eigenvalue weighted by Gasteiger charge is -2.43. The molecule has 2 aliphatic heterocycles. The first-order chi connectivity index (χ1) is 16.9. The van der Waals surface area contributed by atoms with Gasteiger partial charge in [-0.3, -0.25) is 9.59 Å². The molecule has 0 aliphatic carbocycles. The van der Waals surface area contributed by atoms with E-state index in [2.05, 4.69) is 10.6 Å². The number of nitrogens with one attached hydrogen (secondary N) is 2. The number of halogens is 1. The summed E-state index contributed by atoms with van der Waals surface area (Å²) in [5.41, 5.74) is 1.69. The molecule has 2 aromatic carbocycles. The summed E-state index contributed by atoms with van der Waals surface area (Å²) < 4.78 is 20.2. The molecule has 35 heavy (non-hydrogen) atoms. The van der Waals surface area contributed by atoms with Gasteiger partial charge >= 0.3 is 6.03 Å². The molecule has 3 heterocycles. The lowest BCUT2D eigenvalue weighted by molar-refractivity contribution is 0.0594. The molecule has 2 atom stereocenters. The van der Waals surface area contributed by atoms with Gasteiger partial charge in [-0.25, -0.2) is 9.18 Å². The molecule has 180 valence electrons. The van der Waals surface area contributed by atoms with Crippen molar-refractivity contribution < 1.29 is 18.7 Å². The summed E-state index contributed by atoms with van der Waals surface area (Å²) in [7, 11) is 1.51. The van der Waals surface area contributed by atoms with E-state index in [1.54, 1.807) is 39.8 Å². The molecule has 0 unspecified atom stereocenters. The highest BCUT2D eigenvalue weighted by Crippen LogP contribution is 2.36. The highest BCUT2D eigenvalue weighted by molar-refractivity contribution is 6.00. The van der Waals surface area contributed by atoms with E-state index in [0.29, 0.717) is 36.6 Å². The van der Waals surface area contributed by atoms with Crippen molar-refractivity contribution in [2.45, 2.75) is 18.9 Å². The molecule has 2 aliphatic rings. The Morgan fingerprint density at radius 1 is 0.943 bits per heavy atom. The second kappa shape index (κ2) is 9.25. The quantitative estimate of drug-likeness (QED) is 0.598. The zero-order valence-corrected chi connectivity index (χ0v) is 19.2. The molecule has 1 aromatic heterocycles. The fraction of sp³-hybridized carbons (Fsp3) is 0.269. The number of rotatable bonds is 4. The Balaban J connectivity index is 1.32. The number of para-hydroxylation sites is 2. The van der Waals surface area contributed by atoms with E-state index >= 15 is 0 Å². The molecule has 0 radical (unpaired) electrons. The molecule has 0 saturated carbocycles. The van der Waals surface area contributed by atoms with Gasteiger partial charge < -0.3 is 24.8 Å². The van der Waals surface area contributed by atoms with Crippen LogP contribution in [0, 0.1) is 11.7 Å². The number of likely N-dealkylation sites (tertiary alicyclic amines) is 1. The molecule has 3 aromatic rings. The third-order valence-electron chi connectivity index (χ3n) is 6.59. The number of anilines is 2. The number of ether oxygens (including phenoxy) is 1. The predicted molar refractivity (Wildman–Crippen MR) is 129 cm³/mol. The van der Waals surface area contributed by atoms with E-state index in [9.17, 15) is 18.8 Å². The third-order valence-corrected chi connectivity index (χ3v) is 6.59. The van der Waals surface area contributed by atoms with E-state index in [1.165, 1.54) is 31.4 Å². The number of carbonyl (C=O) groups is 2. The Labute approximate surface area is 201 Å². The molecule has 1 saturated heterocycles. The van der Waals surface area contributed by atoms with Crippen LogP contribution in [0.2, 0.25) is 0 Å². The maximum Gasteiger partial charge on any atom is 0.323 e. The molecule has 5 rings (SSSR count). The lowest BCUT2D eigenvalue weighted by atomic mass is 9.83. The summed E-state index contributed by atoms with van der Waals surface area (Å²) in [5.74, 6) is 0.114. The number of urea groups is 1. The molecule has 8 nitrogen and oxygen atoms in total. The fourth-order valence-corrected chi connectivity index (χ4v) is 5.01. The minimum absolute atomic E-state index is 0.0102. The Morgan fingerprint density at radius 3 is 2.46 bits per heavy atom. The van der Waals surface area contributed by atoms with Crippen molar-refractivity contribution >= 4 is 23.3 Å². The predicted octanol–water partition coefficient (Wildman–Crippen LogP) is 3.90. The number of carbonyl (C=O) groups excluding carboxylic acids is 2. The second-order valence-corrected chi connectivity index (χ2v) is 8.88. The SMILES string of the molecule is COc1ccccc1NC(=O)Nc1ccc2n(c1=O)C[C@@H]1C[C@@H]2CN(C(=O)c2ccc(F)cc2)C1. The second-order valence-electron chi connectivity index (χ2n) is 8.88. The number of aromatic nitrogens is 1. The third kappa shape index (κ3) is 4.49. The zero-order chi connectivity index (χ0) is 24.5. The monoisotopic (exact) mass is 476 g/mol. The van der Waals surface area contributed by atoms with Crippen molar-refractivity contribution in [2.24, 2.45) is 5.92 Å². The largest absolute Gasteiger partial charge is 0.495 e. The van der Waals surface area contributed by atoms with Gasteiger partial charge in [0.05, 0.1) is 12.8 Å². The smallest absolute Gasteiger partial charge is 0.323 e. The van der Waals surface area contributed by atoms with Crippen LogP contribution >= 0.6 is 0 Å². The molecule has 3 amide bonds. The number of fused-ring (bicyclic) bond motifs is 4. The van der Waals surface area contributed by atoms with Gasteiger partial charge in [-0.1, -0.05) is 12.1 Å². The minimum atomic E-state index is -0.542. The van der Waals surface area contributed by atoms with Gasteiger partial charge in [-0.05, 0) is 60.9 Å². The van der Waals surface area contributed by atoms with E-state index in [0.717, 1.165) is 12.1 Å². The average Bonchev–Trinajstić information content (AvgIpc) is 2.86. The summed E-state index contributed by atoms with van der Waals surface area (Å²) in [5, 5.41) is 5.35.